The van der Waals surface area contributed by atoms with E-state index in [0.717, 1.165) is 13.0 Å². The molecule has 0 bridgehead atoms. The van der Waals surface area contributed by atoms with Crippen LogP contribution in [0, 0.1) is 0 Å². The lowest BCUT2D eigenvalue weighted by Gasteiger charge is -2.17. The van der Waals surface area contributed by atoms with E-state index >= 15 is 0 Å². The van der Waals surface area contributed by atoms with Gasteiger partial charge in [0.2, 0.25) is 0 Å². The molecule has 1 atom stereocenters. The Morgan fingerprint density at radius 2 is 2.00 bits per heavy atom. The Kier molecular flexibility index (Phi) is 7.01. The number of aromatic nitrogens is 1. The standard InChI is InChI=1S/C16H30N2S/c1-6-8-9-13(17-10-7-2)11-15-18-14(12-19-15)16(3,4)5/h12-13,17H,6-11H2,1-5H3. The first-order chi connectivity index (χ1) is 8.97. The minimum atomic E-state index is 0.171. The van der Waals surface area contributed by atoms with Crippen molar-refractivity contribution in [3.05, 3.63) is 16.1 Å². The smallest absolute Gasteiger partial charge is 0.0944 e. The molecule has 0 saturated carbocycles. The third-order valence-corrected chi connectivity index (χ3v) is 4.20. The van der Waals surface area contributed by atoms with Gasteiger partial charge in [-0.2, -0.15) is 0 Å². The molecule has 0 saturated heterocycles. The molecule has 1 N–H and O–H groups in total. The Bertz CT molecular complexity index is 344. The maximum absolute atomic E-state index is 4.82. The lowest BCUT2D eigenvalue weighted by atomic mass is 9.93. The number of hydrogen-bond acceptors (Lipinski definition) is 3. The summed E-state index contributed by atoms with van der Waals surface area (Å²) in [5.74, 6) is 0. The number of unbranched alkanes of at least 4 members (excludes halogenated alkanes) is 1. The molecule has 110 valence electrons. The van der Waals surface area contributed by atoms with Gasteiger partial charge in [-0.1, -0.05) is 47.5 Å². The summed E-state index contributed by atoms with van der Waals surface area (Å²) in [5.41, 5.74) is 1.40. The second-order valence-electron chi connectivity index (χ2n) is 6.37. The highest BCUT2D eigenvalue weighted by Crippen LogP contribution is 2.24. The van der Waals surface area contributed by atoms with Gasteiger partial charge in [0.15, 0.2) is 0 Å². The van der Waals surface area contributed by atoms with E-state index in [1.54, 1.807) is 0 Å². The van der Waals surface area contributed by atoms with Crippen molar-refractivity contribution in [1.29, 1.82) is 0 Å². The van der Waals surface area contributed by atoms with E-state index in [1.807, 2.05) is 11.3 Å². The van der Waals surface area contributed by atoms with Gasteiger partial charge in [-0.3, -0.25) is 0 Å². The second kappa shape index (κ2) is 8.01. The van der Waals surface area contributed by atoms with Crippen molar-refractivity contribution in [2.45, 2.75) is 78.2 Å². The predicted octanol–water partition coefficient (Wildman–Crippen LogP) is 4.54. The van der Waals surface area contributed by atoms with E-state index in [-0.39, 0.29) is 5.41 Å². The molecule has 0 amide bonds. The van der Waals surface area contributed by atoms with Gasteiger partial charge in [0.25, 0.3) is 0 Å². The Morgan fingerprint density at radius 3 is 2.53 bits per heavy atom. The van der Waals surface area contributed by atoms with E-state index < -0.39 is 0 Å². The van der Waals surface area contributed by atoms with Crippen molar-refractivity contribution in [2.75, 3.05) is 6.54 Å². The molecule has 1 aromatic rings. The molecule has 0 aliphatic rings. The molecule has 1 unspecified atom stereocenters. The van der Waals surface area contributed by atoms with Crippen LogP contribution in [0.1, 0.15) is 71.0 Å². The largest absolute Gasteiger partial charge is 0.314 e. The highest BCUT2D eigenvalue weighted by Gasteiger charge is 2.18. The highest BCUT2D eigenvalue weighted by molar-refractivity contribution is 7.09. The van der Waals surface area contributed by atoms with Gasteiger partial charge < -0.3 is 5.32 Å². The maximum atomic E-state index is 4.82. The summed E-state index contributed by atoms with van der Waals surface area (Å²) in [6.45, 7) is 12.3. The van der Waals surface area contributed by atoms with Crippen molar-refractivity contribution in [1.82, 2.24) is 10.3 Å². The predicted molar refractivity (Wildman–Crippen MR) is 86.1 cm³/mol. The molecule has 0 radical (unpaired) electrons. The summed E-state index contributed by atoms with van der Waals surface area (Å²) >= 11 is 1.82. The van der Waals surface area contributed by atoms with Crippen LogP contribution in [0.25, 0.3) is 0 Å². The summed E-state index contributed by atoms with van der Waals surface area (Å²) in [4.78, 5) is 4.82. The van der Waals surface area contributed by atoms with Crippen molar-refractivity contribution >= 4 is 11.3 Å². The second-order valence-corrected chi connectivity index (χ2v) is 7.32. The Labute approximate surface area is 123 Å². The van der Waals surface area contributed by atoms with Gasteiger partial charge >= 0.3 is 0 Å². The van der Waals surface area contributed by atoms with Crippen molar-refractivity contribution in [3.63, 3.8) is 0 Å². The van der Waals surface area contributed by atoms with Crippen LogP contribution in [0.15, 0.2) is 5.38 Å². The van der Waals surface area contributed by atoms with Gasteiger partial charge in [-0.05, 0) is 19.4 Å². The van der Waals surface area contributed by atoms with E-state index in [1.165, 1.54) is 36.4 Å². The average molecular weight is 282 g/mol. The zero-order valence-electron chi connectivity index (χ0n) is 13.3. The molecule has 0 aliphatic heterocycles. The molecule has 2 nitrogen and oxygen atoms in total. The average Bonchev–Trinajstić information content (AvgIpc) is 2.81. The molecule has 0 aromatic carbocycles. The first kappa shape index (κ1) is 16.6. The van der Waals surface area contributed by atoms with Gasteiger partial charge in [-0.25, -0.2) is 4.98 Å². The minimum Gasteiger partial charge on any atom is -0.314 e. The third-order valence-electron chi connectivity index (χ3n) is 3.33. The number of hydrogen-bond donors (Lipinski definition) is 1. The number of nitrogens with zero attached hydrogens (tertiary/aromatic N) is 1. The topological polar surface area (TPSA) is 24.9 Å². The molecular formula is C16H30N2S. The van der Waals surface area contributed by atoms with Crippen molar-refractivity contribution in [3.8, 4) is 0 Å². The van der Waals surface area contributed by atoms with Crippen LogP contribution in [0.4, 0.5) is 0 Å². The van der Waals surface area contributed by atoms with Crippen LogP contribution in [0.3, 0.4) is 0 Å². The van der Waals surface area contributed by atoms with Crippen LogP contribution in [0.2, 0.25) is 0 Å². The fourth-order valence-corrected chi connectivity index (χ4v) is 3.14. The molecule has 1 aromatic heterocycles. The molecule has 19 heavy (non-hydrogen) atoms. The first-order valence-electron chi connectivity index (χ1n) is 7.65. The number of nitrogens with one attached hydrogen (secondary N) is 1. The molecular weight excluding hydrogens is 252 g/mol. The summed E-state index contributed by atoms with van der Waals surface area (Å²) in [7, 11) is 0. The van der Waals surface area contributed by atoms with Crippen LogP contribution in [0.5, 0.6) is 0 Å². The molecule has 1 heterocycles. The Hall–Kier alpha value is -0.410. The first-order valence-corrected chi connectivity index (χ1v) is 8.53. The zero-order chi connectivity index (χ0) is 14.3. The minimum absolute atomic E-state index is 0.171. The number of thiazole rings is 1. The Balaban J connectivity index is 2.59. The van der Waals surface area contributed by atoms with E-state index in [9.17, 15) is 0 Å². The molecule has 3 heteroatoms. The monoisotopic (exact) mass is 282 g/mol. The molecule has 0 spiro atoms. The quantitative estimate of drug-likeness (QED) is 0.757. The van der Waals surface area contributed by atoms with Crippen LogP contribution >= 0.6 is 11.3 Å². The van der Waals surface area contributed by atoms with E-state index in [0.29, 0.717) is 6.04 Å². The van der Waals surface area contributed by atoms with Gasteiger partial charge in [0, 0.05) is 23.3 Å². The third kappa shape index (κ3) is 6.05. The van der Waals surface area contributed by atoms with Gasteiger partial charge in [-0.15, -0.1) is 11.3 Å². The highest BCUT2D eigenvalue weighted by atomic mass is 32.1. The van der Waals surface area contributed by atoms with Crippen LogP contribution < -0.4 is 5.32 Å². The fraction of sp³-hybridized carbons (Fsp3) is 0.812. The summed E-state index contributed by atoms with van der Waals surface area (Å²) in [6, 6.07) is 0.596. The summed E-state index contributed by atoms with van der Waals surface area (Å²) < 4.78 is 0. The van der Waals surface area contributed by atoms with Gasteiger partial charge in [0.1, 0.15) is 0 Å². The summed E-state index contributed by atoms with van der Waals surface area (Å²) in [5, 5.41) is 7.18. The number of rotatable bonds is 8. The van der Waals surface area contributed by atoms with Crippen LogP contribution in [-0.2, 0) is 11.8 Å². The Morgan fingerprint density at radius 1 is 1.26 bits per heavy atom. The molecule has 0 aliphatic carbocycles. The lowest BCUT2D eigenvalue weighted by Crippen LogP contribution is -2.31. The van der Waals surface area contributed by atoms with Crippen LogP contribution in [-0.4, -0.2) is 17.6 Å². The summed E-state index contributed by atoms with van der Waals surface area (Å²) in [6.07, 6.45) is 6.13. The maximum Gasteiger partial charge on any atom is 0.0944 e. The molecule has 1 rings (SSSR count). The lowest BCUT2D eigenvalue weighted by molar-refractivity contribution is 0.460. The van der Waals surface area contributed by atoms with Crippen molar-refractivity contribution in [2.24, 2.45) is 0 Å². The van der Waals surface area contributed by atoms with E-state index in [2.05, 4.69) is 45.3 Å². The SMILES string of the molecule is CCCCC(Cc1nc(C(C)(C)C)cs1)NCCC. The molecule has 0 fully saturated rings. The van der Waals surface area contributed by atoms with E-state index in [4.69, 9.17) is 4.98 Å². The zero-order valence-corrected chi connectivity index (χ0v) is 14.1. The normalized spacial score (nSPS) is 13.7. The fourth-order valence-electron chi connectivity index (χ4n) is 2.04. The van der Waals surface area contributed by atoms with Gasteiger partial charge in [0.05, 0.1) is 10.7 Å². The van der Waals surface area contributed by atoms with Crippen molar-refractivity contribution < 1.29 is 0 Å².